The summed E-state index contributed by atoms with van der Waals surface area (Å²) < 4.78 is 10.9. The Labute approximate surface area is 201 Å². The van der Waals surface area contributed by atoms with Gasteiger partial charge in [0.25, 0.3) is 0 Å². The van der Waals surface area contributed by atoms with E-state index in [1.807, 2.05) is 48.2 Å². The van der Waals surface area contributed by atoms with E-state index in [4.69, 9.17) is 9.47 Å². The van der Waals surface area contributed by atoms with Gasteiger partial charge in [0.1, 0.15) is 0 Å². The van der Waals surface area contributed by atoms with Gasteiger partial charge in [-0.05, 0) is 43.5 Å². The Morgan fingerprint density at radius 3 is 2.74 bits per heavy atom. The lowest BCUT2D eigenvalue weighted by Crippen LogP contribution is -2.33. The van der Waals surface area contributed by atoms with E-state index in [-0.39, 0.29) is 29.9 Å². The van der Waals surface area contributed by atoms with E-state index in [0.29, 0.717) is 37.0 Å². The number of amides is 1. The maximum Gasteiger partial charge on any atom is 0.227 e. The van der Waals surface area contributed by atoms with E-state index in [9.17, 15) is 4.79 Å². The third-order valence-corrected chi connectivity index (χ3v) is 5.00. The first-order valence-electron chi connectivity index (χ1n) is 10.3. The zero-order valence-electron chi connectivity index (χ0n) is 18.3. The smallest absolute Gasteiger partial charge is 0.227 e. The Balaban J connectivity index is 0.00000341. The number of methoxy groups -OCH3 is 1. The van der Waals surface area contributed by atoms with Gasteiger partial charge >= 0.3 is 0 Å². The number of hydrogen-bond acceptors (Lipinski definition) is 4. The third-order valence-electron chi connectivity index (χ3n) is 5.00. The molecule has 0 bridgehead atoms. The van der Waals surface area contributed by atoms with Crippen LogP contribution in [0.4, 0.5) is 11.4 Å². The van der Waals surface area contributed by atoms with Gasteiger partial charge in [0.15, 0.2) is 17.5 Å². The molecule has 0 spiro atoms. The van der Waals surface area contributed by atoms with Gasteiger partial charge in [0, 0.05) is 44.0 Å². The Morgan fingerprint density at radius 1 is 1.19 bits per heavy atom. The maximum absolute atomic E-state index is 12.6. The molecule has 2 N–H and O–H groups in total. The number of carbonyl (C=O) groups is 1. The molecule has 1 aliphatic rings. The minimum Gasteiger partial charge on any atom is -0.493 e. The number of carbonyl (C=O) groups excluding carboxylic acids is 1. The number of guanidine groups is 1. The van der Waals surface area contributed by atoms with Gasteiger partial charge < -0.3 is 25.0 Å². The number of aliphatic imine (C=N–C) groups is 1. The van der Waals surface area contributed by atoms with Gasteiger partial charge in [0.2, 0.25) is 5.91 Å². The van der Waals surface area contributed by atoms with Crippen molar-refractivity contribution in [3.05, 3.63) is 48.0 Å². The van der Waals surface area contributed by atoms with E-state index in [1.165, 1.54) is 5.56 Å². The quantitative estimate of drug-likeness (QED) is 0.230. The van der Waals surface area contributed by atoms with Crippen molar-refractivity contribution in [2.24, 2.45) is 4.99 Å². The molecule has 1 amide bonds. The van der Waals surface area contributed by atoms with Crippen LogP contribution in [0.1, 0.15) is 25.3 Å². The monoisotopic (exact) mass is 538 g/mol. The average Bonchev–Trinajstić information content (AvgIpc) is 3.20. The van der Waals surface area contributed by atoms with Gasteiger partial charge in [-0.15, -0.1) is 24.0 Å². The molecule has 8 heteroatoms. The molecule has 0 saturated carbocycles. The summed E-state index contributed by atoms with van der Waals surface area (Å²) >= 11 is 0. The number of halogens is 1. The number of fused-ring (bicyclic) bond motifs is 1. The zero-order chi connectivity index (χ0) is 21.3. The van der Waals surface area contributed by atoms with Crippen LogP contribution in [0.5, 0.6) is 11.5 Å². The van der Waals surface area contributed by atoms with Crippen LogP contribution in [0.15, 0.2) is 47.5 Å². The Bertz CT molecular complexity index is 904. The average molecular weight is 538 g/mol. The summed E-state index contributed by atoms with van der Waals surface area (Å²) in [5.74, 6) is 2.17. The lowest BCUT2D eigenvalue weighted by Gasteiger charge is -2.18. The second-order valence-electron chi connectivity index (χ2n) is 6.95. The fourth-order valence-corrected chi connectivity index (χ4v) is 3.52. The van der Waals surface area contributed by atoms with Crippen LogP contribution in [0, 0.1) is 0 Å². The highest BCUT2D eigenvalue weighted by Crippen LogP contribution is 2.30. The second kappa shape index (κ2) is 12.4. The van der Waals surface area contributed by atoms with Crippen LogP contribution < -0.4 is 25.0 Å². The number of nitrogens with one attached hydrogen (secondary N) is 2. The van der Waals surface area contributed by atoms with Crippen molar-refractivity contribution >= 4 is 47.2 Å². The van der Waals surface area contributed by atoms with Crippen molar-refractivity contribution < 1.29 is 14.3 Å². The van der Waals surface area contributed by atoms with Gasteiger partial charge in [-0.25, -0.2) is 0 Å². The molecular formula is C23H31IN4O3. The van der Waals surface area contributed by atoms with E-state index >= 15 is 0 Å². The molecule has 3 rings (SSSR count). The number of anilines is 2. The maximum atomic E-state index is 12.6. The lowest BCUT2D eigenvalue weighted by molar-refractivity contribution is -0.118. The summed E-state index contributed by atoms with van der Waals surface area (Å²) in [7, 11) is 3.34. The van der Waals surface area contributed by atoms with Crippen LogP contribution >= 0.6 is 24.0 Å². The first-order chi connectivity index (χ1) is 14.7. The van der Waals surface area contributed by atoms with Gasteiger partial charge in [0.05, 0.1) is 13.7 Å². The molecule has 7 nitrogen and oxygen atoms in total. The topological polar surface area (TPSA) is 75.2 Å². The molecule has 2 aromatic carbocycles. The van der Waals surface area contributed by atoms with E-state index in [2.05, 4.69) is 21.7 Å². The Hall–Kier alpha value is -2.49. The lowest BCUT2D eigenvalue weighted by atomic mass is 10.2. The van der Waals surface area contributed by atoms with Crippen molar-refractivity contribution in [3.8, 4) is 11.5 Å². The van der Waals surface area contributed by atoms with Crippen LogP contribution in [-0.4, -0.2) is 45.7 Å². The van der Waals surface area contributed by atoms with Crippen LogP contribution in [-0.2, 0) is 11.2 Å². The third kappa shape index (κ3) is 6.49. The highest BCUT2D eigenvalue weighted by Gasteiger charge is 2.23. The first kappa shape index (κ1) is 24.8. The summed E-state index contributed by atoms with van der Waals surface area (Å²) in [6.45, 7) is 3.91. The highest BCUT2D eigenvalue weighted by atomic mass is 127. The summed E-state index contributed by atoms with van der Waals surface area (Å²) in [6.07, 6.45) is 2.16. The summed E-state index contributed by atoms with van der Waals surface area (Å²) in [4.78, 5) is 18.7. The Morgan fingerprint density at radius 2 is 2.00 bits per heavy atom. The molecule has 0 atom stereocenters. The summed E-state index contributed by atoms with van der Waals surface area (Å²) in [6, 6.07) is 13.8. The van der Waals surface area contributed by atoms with Crippen molar-refractivity contribution in [1.29, 1.82) is 0 Å². The molecule has 0 radical (unpaired) electrons. The fraction of sp³-hybridized carbons (Fsp3) is 0.391. The normalized spacial score (nSPS) is 12.6. The molecule has 0 aromatic heterocycles. The predicted octanol–water partition coefficient (Wildman–Crippen LogP) is 4.07. The molecule has 0 unspecified atom stereocenters. The molecule has 1 heterocycles. The number of hydrogen-bond donors (Lipinski definition) is 2. The van der Waals surface area contributed by atoms with E-state index < -0.39 is 0 Å². The van der Waals surface area contributed by atoms with Gasteiger partial charge in [-0.3, -0.25) is 9.79 Å². The van der Waals surface area contributed by atoms with Crippen molar-refractivity contribution in [2.75, 3.05) is 44.1 Å². The fourth-order valence-electron chi connectivity index (χ4n) is 3.52. The van der Waals surface area contributed by atoms with Gasteiger partial charge in [-0.1, -0.05) is 18.2 Å². The van der Waals surface area contributed by atoms with Crippen molar-refractivity contribution in [3.63, 3.8) is 0 Å². The summed E-state index contributed by atoms with van der Waals surface area (Å²) in [5, 5.41) is 6.50. The molecule has 0 aliphatic carbocycles. The predicted molar refractivity (Wildman–Crippen MR) is 136 cm³/mol. The van der Waals surface area contributed by atoms with Crippen LogP contribution in [0.2, 0.25) is 0 Å². The van der Waals surface area contributed by atoms with E-state index in [1.54, 1.807) is 14.2 Å². The van der Waals surface area contributed by atoms with Crippen LogP contribution in [0.3, 0.4) is 0 Å². The number of nitrogens with zero attached hydrogens (tertiary/aromatic N) is 2. The minimum atomic E-state index is 0. The second-order valence-corrected chi connectivity index (χ2v) is 6.95. The number of benzene rings is 2. The standard InChI is InChI=1S/C23H30N4O3.HI/c1-4-30-21-16-18(11-12-20(21)29-3)26-23(24-2)25-14-7-10-22(28)27-15-13-17-8-5-6-9-19(17)27;/h5-6,8-9,11-12,16H,4,7,10,13-15H2,1-3H3,(H2,24,25,26);1H. The summed E-state index contributed by atoms with van der Waals surface area (Å²) in [5.41, 5.74) is 3.15. The highest BCUT2D eigenvalue weighted by molar-refractivity contribution is 14.0. The SMILES string of the molecule is CCOc1cc(NC(=NC)NCCCC(=O)N2CCc3ccccc32)ccc1OC.I. The Kier molecular flexibility index (Phi) is 9.90. The molecule has 168 valence electrons. The minimum absolute atomic E-state index is 0. The molecule has 1 aliphatic heterocycles. The first-order valence-corrected chi connectivity index (χ1v) is 10.3. The molecule has 2 aromatic rings. The van der Waals surface area contributed by atoms with Gasteiger partial charge in [-0.2, -0.15) is 0 Å². The number of ether oxygens (including phenoxy) is 2. The zero-order valence-corrected chi connectivity index (χ0v) is 20.6. The largest absolute Gasteiger partial charge is 0.493 e. The molecule has 0 saturated heterocycles. The van der Waals surface area contributed by atoms with Crippen molar-refractivity contribution in [2.45, 2.75) is 26.2 Å². The van der Waals surface area contributed by atoms with Crippen molar-refractivity contribution in [1.82, 2.24) is 5.32 Å². The molecule has 31 heavy (non-hydrogen) atoms. The van der Waals surface area contributed by atoms with E-state index in [0.717, 1.165) is 30.8 Å². The number of para-hydroxylation sites is 1. The number of rotatable bonds is 8. The molecule has 0 fully saturated rings. The molecular weight excluding hydrogens is 507 g/mol. The van der Waals surface area contributed by atoms with Crippen LogP contribution in [0.25, 0.3) is 0 Å².